The molecule has 0 unspecified atom stereocenters. The van der Waals surface area contributed by atoms with Gasteiger partial charge in [-0.15, -0.1) is 0 Å². The van der Waals surface area contributed by atoms with Gasteiger partial charge < -0.3 is 0 Å². The maximum Gasteiger partial charge on any atom is 0.0980 e. The first-order chi connectivity index (χ1) is 15.8. The Hall–Kier alpha value is -4.37. The minimum atomic E-state index is 0.902. The Balaban J connectivity index is 1.66. The van der Waals surface area contributed by atoms with Crippen molar-refractivity contribution in [1.29, 1.82) is 0 Å². The second-order valence-electron chi connectivity index (χ2n) is 8.14. The molecule has 4 aromatic carbocycles. The summed E-state index contributed by atoms with van der Waals surface area (Å²) in [6.07, 6.45) is 1.83. The van der Waals surface area contributed by atoms with Crippen molar-refractivity contribution in [3.8, 4) is 11.3 Å². The molecule has 3 heteroatoms. The summed E-state index contributed by atoms with van der Waals surface area (Å²) in [7, 11) is 0. The zero-order chi connectivity index (χ0) is 21.1. The number of para-hydroxylation sites is 1. The molecular weight excluding hydrogens is 390 g/mol. The zero-order valence-electron chi connectivity index (χ0n) is 17.2. The van der Waals surface area contributed by atoms with Crippen molar-refractivity contribution in [3.05, 3.63) is 103 Å². The molecule has 0 amide bonds. The van der Waals surface area contributed by atoms with Crippen LogP contribution in [0.15, 0.2) is 103 Å². The summed E-state index contributed by atoms with van der Waals surface area (Å²) in [6, 6.07) is 33.8. The number of fused-ring (bicyclic) bond motifs is 7. The first-order valence-electron chi connectivity index (χ1n) is 10.7. The van der Waals surface area contributed by atoms with Crippen LogP contribution in [0.25, 0.3) is 65.6 Å². The Kier molecular flexibility index (Phi) is 3.55. The van der Waals surface area contributed by atoms with Gasteiger partial charge in [0.1, 0.15) is 0 Å². The predicted molar refractivity (Wildman–Crippen MR) is 133 cm³/mol. The van der Waals surface area contributed by atoms with Gasteiger partial charge in [0.15, 0.2) is 0 Å². The van der Waals surface area contributed by atoms with Crippen LogP contribution in [0.5, 0.6) is 0 Å². The summed E-state index contributed by atoms with van der Waals surface area (Å²) in [4.78, 5) is 14.9. The van der Waals surface area contributed by atoms with E-state index in [0.29, 0.717) is 0 Å². The van der Waals surface area contributed by atoms with E-state index in [1.807, 2.05) is 18.3 Å². The normalized spacial score (nSPS) is 11.8. The van der Waals surface area contributed by atoms with Crippen molar-refractivity contribution < 1.29 is 0 Å². The molecule has 0 radical (unpaired) electrons. The van der Waals surface area contributed by atoms with Crippen LogP contribution < -0.4 is 0 Å². The van der Waals surface area contributed by atoms with E-state index in [2.05, 4.69) is 89.9 Å². The highest BCUT2D eigenvalue weighted by Crippen LogP contribution is 2.35. The van der Waals surface area contributed by atoms with Crippen molar-refractivity contribution >= 4 is 54.4 Å². The van der Waals surface area contributed by atoms with Gasteiger partial charge >= 0.3 is 0 Å². The molecular formula is C29H17N3. The number of hydrogen-bond acceptors (Lipinski definition) is 3. The van der Waals surface area contributed by atoms with Gasteiger partial charge in [0.2, 0.25) is 0 Å². The molecule has 3 nitrogen and oxygen atoms in total. The summed E-state index contributed by atoms with van der Waals surface area (Å²) in [5, 5.41) is 6.82. The SMILES string of the molecule is c1ccc2cc(-c3nc4ccccc4c4cc5ccc6cccnc6c5nc34)ccc2c1. The Morgan fingerprint density at radius 3 is 2.22 bits per heavy atom. The van der Waals surface area contributed by atoms with E-state index in [0.717, 1.165) is 54.9 Å². The van der Waals surface area contributed by atoms with E-state index in [1.54, 1.807) is 0 Å². The quantitative estimate of drug-likeness (QED) is 0.212. The zero-order valence-corrected chi connectivity index (χ0v) is 17.2. The van der Waals surface area contributed by atoms with E-state index in [1.165, 1.54) is 10.8 Å². The van der Waals surface area contributed by atoms with Crippen LogP contribution in [0.1, 0.15) is 0 Å². The smallest absolute Gasteiger partial charge is 0.0980 e. The fraction of sp³-hybridized carbons (Fsp3) is 0. The van der Waals surface area contributed by atoms with E-state index in [9.17, 15) is 0 Å². The molecule has 0 aliphatic rings. The summed E-state index contributed by atoms with van der Waals surface area (Å²) in [5.74, 6) is 0. The maximum atomic E-state index is 5.19. The number of nitrogens with zero attached hydrogens (tertiary/aromatic N) is 3. The molecule has 32 heavy (non-hydrogen) atoms. The summed E-state index contributed by atoms with van der Waals surface area (Å²) in [5.41, 5.74) is 5.69. The van der Waals surface area contributed by atoms with E-state index >= 15 is 0 Å². The predicted octanol–water partition coefficient (Wildman–Crippen LogP) is 7.30. The van der Waals surface area contributed by atoms with Crippen LogP contribution >= 0.6 is 0 Å². The first-order valence-corrected chi connectivity index (χ1v) is 10.7. The van der Waals surface area contributed by atoms with Crippen molar-refractivity contribution in [2.45, 2.75) is 0 Å². The highest BCUT2D eigenvalue weighted by molar-refractivity contribution is 6.15. The lowest BCUT2D eigenvalue weighted by molar-refractivity contribution is 1.38. The molecule has 148 valence electrons. The molecule has 0 bridgehead atoms. The van der Waals surface area contributed by atoms with E-state index in [4.69, 9.17) is 9.97 Å². The highest BCUT2D eigenvalue weighted by atomic mass is 14.8. The van der Waals surface area contributed by atoms with Crippen LogP contribution in [0, 0.1) is 0 Å². The molecule has 0 spiro atoms. The molecule has 7 aromatic rings. The second-order valence-corrected chi connectivity index (χ2v) is 8.14. The lowest BCUT2D eigenvalue weighted by atomic mass is 9.99. The number of benzene rings is 4. The molecule has 0 N–H and O–H groups in total. The van der Waals surface area contributed by atoms with Gasteiger partial charge in [0.25, 0.3) is 0 Å². The van der Waals surface area contributed by atoms with Gasteiger partial charge in [-0.25, -0.2) is 9.97 Å². The third kappa shape index (κ3) is 2.51. The van der Waals surface area contributed by atoms with Gasteiger partial charge in [0, 0.05) is 33.3 Å². The lowest BCUT2D eigenvalue weighted by Crippen LogP contribution is -1.94. The average molecular weight is 407 g/mol. The first kappa shape index (κ1) is 17.3. The highest BCUT2D eigenvalue weighted by Gasteiger charge is 2.14. The average Bonchev–Trinajstić information content (AvgIpc) is 2.87. The summed E-state index contributed by atoms with van der Waals surface area (Å²) >= 11 is 0. The monoisotopic (exact) mass is 407 g/mol. The number of hydrogen-bond donors (Lipinski definition) is 0. The van der Waals surface area contributed by atoms with Gasteiger partial charge in [-0.3, -0.25) is 4.98 Å². The lowest BCUT2D eigenvalue weighted by Gasteiger charge is -2.12. The molecule has 3 aromatic heterocycles. The van der Waals surface area contributed by atoms with Gasteiger partial charge in [0.05, 0.1) is 27.8 Å². The molecule has 0 saturated heterocycles. The maximum absolute atomic E-state index is 5.19. The molecule has 0 fully saturated rings. The summed E-state index contributed by atoms with van der Waals surface area (Å²) < 4.78 is 0. The molecule has 3 heterocycles. The third-order valence-electron chi connectivity index (χ3n) is 6.23. The molecule has 0 saturated carbocycles. The van der Waals surface area contributed by atoms with Gasteiger partial charge in [-0.05, 0) is 35.0 Å². The fourth-order valence-corrected chi connectivity index (χ4v) is 4.67. The standard InChI is InChI=1S/C29H17N3/c1-2-7-20-16-21(13-11-18(20)6-1)28-29-24(23-9-3-4-10-25(23)31-28)17-22-14-12-19-8-5-15-30-26(19)27(22)32-29/h1-17H. The van der Waals surface area contributed by atoms with Crippen LogP contribution in [0.2, 0.25) is 0 Å². The Labute approximate surface area is 184 Å². The fourth-order valence-electron chi connectivity index (χ4n) is 4.67. The molecule has 0 aliphatic heterocycles. The van der Waals surface area contributed by atoms with Crippen LogP contribution in [-0.4, -0.2) is 15.0 Å². The largest absolute Gasteiger partial charge is 0.254 e. The van der Waals surface area contributed by atoms with Crippen molar-refractivity contribution in [3.63, 3.8) is 0 Å². The molecule has 7 rings (SSSR count). The minimum Gasteiger partial charge on any atom is -0.254 e. The Morgan fingerprint density at radius 1 is 0.469 bits per heavy atom. The van der Waals surface area contributed by atoms with Crippen molar-refractivity contribution in [2.75, 3.05) is 0 Å². The third-order valence-corrected chi connectivity index (χ3v) is 6.23. The second kappa shape index (κ2) is 6.56. The van der Waals surface area contributed by atoms with Crippen LogP contribution in [-0.2, 0) is 0 Å². The molecule has 0 aliphatic carbocycles. The van der Waals surface area contributed by atoms with Gasteiger partial charge in [-0.1, -0.05) is 72.8 Å². The minimum absolute atomic E-state index is 0.902. The summed E-state index contributed by atoms with van der Waals surface area (Å²) in [6.45, 7) is 0. The number of rotatable bonds is 1. The number of pyridine rings is 3. The Bertz CT molecular complexity index is 1840. The van der Waals surface area contributed by atoms with E-state index < -0.39 is 0 Å². The van der Waals surface area contributed by atoms with Crippen LogP contribution in [0.4, 0.5) is 0 Å². The van der Waals surface area contributed by atoms with Crippen LogP contribution in [0.3, 0.4) is 0 Å². The van der Waals surface area contributed by atoms with Crippen molar-refractivity contribution in [2.24, 2.45) is 0 Å². The Morgan fingerprint density at radius 2 is 1.25 bits per heavy atom. The van der Waals surface area contributed by atoms with E-state index in [-0.39, 0.29) is 0 Å². The topological polar surface area (TPSA) is 38.7 Å². The number of aromatic nitrogens is 3. The molecule has 0 atom stereocenters. The van der Waals surface area contributed by atoms with Gasteiger partial charge in [-0.2, -0.15) is 0 Å². The van der Waals surface area contributed by atoms with Crippen molar-refractivity contribution in [1.82, 2.24) is 15.0 Å².